The molecule has 0 aromatic rings. The first-order valence-electron chi connectivity index (χ1n) is 5.72. The molecule has 1 atom stereocenters. The SMILES string of the molecule is CC(C)(C)OC(=O)N1CC(F)(F)CC[C@H]1CN. The Morgan fingerprint density at radius 2 is 2.12 bits per heavy atom. The standard InChI is InChI=1S/C11H20F2N2O2/c1-10(2,3)17-9(16)15-7-11(12,13)5-4-8(15)6-14/h8H,4-7,14H2,1-3H3/t8-/m0/s1. The van der Waals surface area contributed by atoms with Gasteiger partial charge in [-0.1, -0.05) is 0 Å². The first-order valence-corrected chi connectivity index (χ1v) is 5.72. The van der Waals surface area contributed by atoms with E-state index in [9.17, 15) is 13.6 Å². The van der Waals surface area contributed by atoms with E-state index in [2.05, 4.69) is 0 Å². The van der Waals surface area contributed by atoms with Crippen molar-refractivity contribution in [2.75, 3.05) is 13.1 Å². The summed E-state index contributed by atoms with van der Waals surface area (Å²) in [6.07, 6.45) is -0.732. The number of carbonyl (C=O) groups is 1. The van der Waals surface area contributed by atoms with Crippen molar-refractivity contribution >= 4 is 6.09 Å². The minimum atomic E-state index is -2.84. The van der Waals surface area contributed by atoms with Crippen LogP contribution in [0.15, 0.2) is 0 Å². The number of hydrogen-bond donors (Lipinski definition) is 1. The topological polar surface area (TPSA) is 55.6 Å². The average Bonchev–Trinajstić information content (AvgIpc) is 2.13. The van der Waals surface area contributed by atoms with Crippen molar-refractivity contribution in [1.29, 1.82) is 0 Å². The van der Waals surface area contributed by atoms with E-state index >= 15 is 0 Å². The number of piperidine rings is 1. The van der Waals surface area contributed by atoms with Crippen molar-refractivity contribution in [2.24, 2.45) is 5.73 Å². The van der Waals surface area contributed by atoms with Crippen LogP contribution in [-0.4, -0.2) is 41.6 Å². The maximum atomic E-state index is 13.3. The number of amides is 1. The lowest BCUT2D eigenvalue weighted by Crippen LogP contribution is -2.55. The van der Waals surface area contributed by atoms with E-state index in [1.165, 1.54) is 0 Å². The molecule has 0 spiro atoms. The third-order valence-corrected chi connectivity index (χ3v) is 2.59. The van der Waals surface area contributed by atoms with E-state index in [-0.39, 0.29) is 25.4 Å². The summed E-state index contributed by atoms with van der Waals surface area (Å²) >= 11 is 0. The molecule has 2 N–H and O–H groups in total. The Morgan fingerprint density at radius 1 is 1.53 bits per heavy atom. The van der Waals surface area contributed by atoms with Crippen LogP contribution in [0.3, 0.4) is 0 Å². The van der Waals surface area contributed by atoms with E-state index in [1.54, 1.807) is 20.8 Å². The van der Waals surface area contributed by atoms with Crippen molar-refractivity contribution in [3.63, 3.8) is 0 Å². The minimum Gasteiger partial charge on any atom is -0.444 e. The number of halogens is 2. The van der Waals surface area contributed by atoms with Crippen LogP contribution in [0.1, 0.15) is 33.6 Å². The van der Waals surface area contributed by atoms with Gasteiger partial charge in [-0.3, -0.25) is 4.90 Å². The Kier molecular flexibility index (Phi) is 3.96. The van der Waals surface area contributed by atoms with Gasteiger partial charge in [0.15, 0.2) is 0 Å². The second-order valence-electron chi connectivity index (χ2n) is 5.39. The number of alkyl halides is 2. The molecule has 0 saturated carbocycles. The summed E-state index contributed by atoms with van der Waals surface area (Å²) in [7, 11) is 0. The lowest BCUT2D eigenvalue weighted by atomic mass is 10.00. The summed E-state index contributed by atoms with van der Waals surface area (Å²) in [6, 6.07) is -0.357. The number of ether oxygens (including phenoxy) is 1. The zero-order valence-corrected chi connectivity index (χ0v) is 10.5. The van der Waals surface area contributed by atoms with Gasteiger partial charge in [0.05, 0.1) is 6.54 Å². The molecular formula is C11H20F2N2O2. The maximum Gasteiger partial charge on any atom is 0.410 e. The largest absolute Gasteiger partial charge is 0.444 e. The molecular weight excluding hydrogens is 230 g/mol. The molecule has 1 rings (SSSR count). The normalized spacial score (nSPS) is 24.6. The van der Waals surface area contributed by atoms with Crippen LogP contribution in [0.25, 0.3) is 0 Å². The molecule has 0 aromatic carbocycles. The van der Waals surface area contributed by atoms with Crippen molar-refractivity contribution in [1.82, 2.24) is 4.90 Å². The van der Waals surface area contributed by atoms with E-state index in [0.717, 1.165) is 4.90 Å². The minimum absolute atomic E-state index is 0.176. The second kappa shape index (κ2) is 4.76. The van der Waals surface area contributed by atoms with Crippen molar-refractivity contribution in [2.45, 2.75) is 51.2 Å². The highest BCUT2D eigenvalue weighted by Crippen LogP contribution is 2.30. The third-order valence-electron chi connectivity index (χ3n) is 2.59. The predicted molar refractivity (Wildman–Crippen MR) is 60.0 cm³/mol. The summed E-state index contributed by atoms with van der Waals surface area (Å²) in [4.78, 5) is 12.8. The lowest BCUT2D eigenvalue weighted by molar-refractivity contribution is -0.0839. The Balaban J connectivity index is 2.73. The molecule has 6 heteroatoms. The van der Waals surface area contributed by atoms with Crippen LogP contribution >= 0.6 is 0 Å². The van der Waals surface area contributed by atoms with Crippen LogP contribution in [0, 0.1) is 0 Å². The van der Waals surface area contributed by atoms with Crippen LogP contribution in [0.2, 0.25) is 0 Å². The first kappa shape index (κ1) is 14.2. The van der Waals surface area contributed by atoms with Gasteiger partial charge >= 0.3 is 6.09 Å². The molecule has 1 amide bonds. The van der Waals surface area contributed by atoms with Crippen molar-refractivity contribution in [3.05, 3.63) is 0 Å². The summed E-state index contributed by atoms with van der Waals surface area (Å²) in [5.41, 5.74) is 4.80. The maximum absolute atomic E-state index is 13.3. The summed E-state index contributed by atoms with van der Waals surface area (Å²) in [5, 5.41) is 0. The monoisotopic (exact) mass is 250 g/mol. The van der Waals surface area contributed by atoms with Gasteiger partial charge in [0.1, 0.15) is 5.60 Å². The molecule has 0 bridgehead atoms. The molecule has 0 aliphatic carbocycles. The average molecular weight is 250 g/mol. The lowest BCUT2D eigenvalue weighted by Gasteiger charge is -2.39. The van der Waals surface area contributed by atoms with Gasteiger partial charge in [-0.25, -0.2) is 13.6 Å². The van der Waals surface area contributed by atoms with Gasteiger partial charge in [0, 0.05) is 19.0 Å². The Bertz CT molecular complexity index is 290. The molecule has 0 unspecified atom stereocenters. The summed E-state index contributed by atoms with van der Waals surface area (Å²) in [5.74, 6) is -2.84. The number of nitrogens with two attached hydrogens (primary N) is 1. The van der Waals surface area contributed by atoms with Gasteiger partial charge in [0.25, 0.3) is 5.92 Å². The van der Waals surface area contributed by atoms with Gasteiger partial charge < -0.3 is 10.5 Å². The number of rotatable bonds is 1. The van der Waals surface area contributed by atoms with E-state index < -0.39 is 24.2 Å². The number of hydrogen-bond acceptors (Lipinski definition) is 3. The predicted octanol–water partition coefficient (Wildman–Crippen LogP) is 1.98. The molecule has 1 heterocycles. The molecule has 1 fully saturated rings. The second-order valence-corrected chi connectivity index (χ2v) is 5.39. The molecule has 1 saturated heterocycles. The Morgan fingerprint density at radius 3 is 2.59 bits per heavy atom. The highest BCUT2D eigenvalue weighted by molar-refractivity contribution is 5.68. The highest BCUT2D eigenvalue weighted by atomic mass is 19.3. The first-order chi connectivity index (χ1) is 7.64. The Hall–Kier alpha value is -0.910. The quantitative estimate of drug-likeness (QED) is 0.774. The van der Waals surface area contributed by atoms with Gasteiger partial charge in [-0.2, -0.15) is 0 Å². The fourth-order valence-electron chi connectivity index (χ4n) is 1.77. The molecule has 1 aliphatic rings. The molecule has 1 aliphatic heterocycles. The molecule has 4 nitrogen and oxygen atoms in total. The van der Waals surface area contributed by atoms with Crippen LogP contribution in [0.5, 0.6) is 0 Å². The smallest absolute Gasteiger partial charge is 0.410 e. The highest BCUT2D eigenvalue weighted by Gasteiger charge is 2.42. The fourth-order valence-corrected chi connectivity index (χ4v) is 1.77. The number of carbonyl (C=O) groups excluding carboxylic acids is 1. The van der Waals surface area contributed by atoms with Crippen LogP contribution < -0.4 is 5.73 Å². The summed E-state index contributed by atoms with van der Waals surface area (Å²) < 4.78 is 31.6. The van der Waals surface area contributed by atoms with Gasteiger partial charge in [-0.05, 0) is 27.2 Å². The van der Waals surface area contributed by atoms with E-state index in [4.69, 9.17) is 10.5 Å². The molecule has 0 aromatic heterocycles. The molecule has 17 heavy (non-hydrogen) atoms. The zero-order valence-electron chi connectivity index (χ0n) is 10.5. The Labute approximate surface area is 100 Å². The molecule has 100 valence electrons. The van der Waals surface area contributed by atoms with Crippen LogP contribution in [-0.2, 0) is 4.74 Å². The van der Waals surface area contributed by atoms with Crippen molar-refractivity contribution < 1.29 is 18.3 Å². The zero-order chi connectivity index (χ0) is 13.3. The fraction of sp³-hybridized carbons (Fsp3) is 0.909. The van der Waals surface area contributed by atoms with Gasteiger partial charge in [-0.15, -0.1) is 0 Å². The van der Waals surface area contributed by atoms with Crippen molar-refractivity contribution in [3.8, 4) is 0 Å². The van der Waals surface area contributed by atoms with E-state index in [0.29, 0.717) is 0 Å². The van der Waals surface area contributed by atoms with E-state index in [1.807, 2.05) is 0 Å². The summed E-state index contributed by atoms with van der Waals surface area (Å²) in [6.45, 7) is 4.67. The molecule has 0 radical (unpaired) electrons. The van der Waals surface area contributed by atoms with Crippen LogP contribution in [0.4, 0.5) is 13.6 Å². The number of likely N-dealkylation sites (tertiary alicyclic amines) is 1. The number of nitrogens with zero attached hydrogens (tertiary/aromatic N) is 1. The third kappa shape index (κ3) is 4.11. The van der Waals surface area contributed by atoms with Gasteiger partial charge in [0.2, 0.25) is 0 Å².